The van der Waals surface area contributed by atoms with Crippen LogP contribution in [0.5, 0.6) is 0 Å². The van der Waals surface area contributed by atoms with Crippen LogP contribution in [0.25, 0.3) is 0 Å². The Morgan fingerprint density at radius 3 is 2.40 bits per heavy atom. The Bertz CT molecular complexity index is 209. The highest BCUT2D eigenvalue weighted by atomic mass is 19.4. The molecule has 0 aromatic heterocycles. The van der Waals surface area contributed by atoms with Crippen molar-refractivity contribution in [3.63, 3.8) is 0 Å². The molecule has 0 aliphatic rings. The molecule has 0 spiro atoms. The summed E-state index contributed by atoms with van der Waals surface area (Å²) in [6.45, 7) is 0.0614. The van der Waals surface area contributed by atoms with Gasteiger partial charge in [0.15, 0.2) is 0 Å². The highest BCUT2D eigenvalue weighted by Gasteiger charge is 2.33. The zero-order valence-electron chi connectivity index (χ0n) is 8.67. The minimum atomic E-state index is -4.40. The number of alkyl halides is 3. The van der Waals surface area contributed by atoms with E-state index in [0.29, 0.717) is 4.90 Å². The predicted molar refractivity (Wildman–Crippen MR) is 48.2 cm³/mol. The number of hydrogen-bond donors (Lipinski definition) is 1. The molecule has 1 unspecified atom stereocenters. The van der Waals surface area contributed by atoms with E-state index in [1.807, 2.05) is 0 Å². The Morgan fingerprint density at radius 1 is 1.53 bits per heavy atom. The highest BCUT2D eigenvalue weighted by Crippen LogP contribution is 2.16. The van der Waals surface area contributed by atoms with Crippen LogP contribution in [-0.2, 0) is 9.53 Å². The molecule has 1 amide bonds. The van der Waals surface area contributed by atoms with Crippen molar-refractivity contribution in [3.8, 4) is 0 Å². The van der Waals surface area contributed by atoms with Crippen molar-refractivity contribution in [2.75, 3.05) is 26.8 Å². The van der Waals surface area contributed by atoms with Crippen molar-refractivity contribution in [2.45, 2.75) is 19.1 Å². The van der Waals surface area contributed by atoms with Gasteiger partial charge in [0.2, 0.25) is 5.91 Å². The van der Waals surface area contributed by atoms with Gasteiger partial charge >= 0.3 is 6.18 Å². The SMILES string of the molecule is CCN(CC(F)(F)F)C(=O)C(N)COC. The number of nitrogens with two attached hydrogens (primary N) is 1. The van der Waals surface area contributed by atoms with E-state index in [-0.39, 0.29) is 13.2 Å². The molecular weight excluding hydrogens is 213 g/mol. The number of hydrogen-bond acceptors (Lipinski definition) is 3. The normalized spacial score (nSPS) is 13.7. The molecule has 0 aliphatic heterocycles. The first-order valence-electron chi connectivity index (χ1n) is 4.41. The van der Waals surface area contributed by atoms with Crippen LogP contribution in [0, 0.1) is 0 Å². The number of methoxy groups -OCH3 is 1. The molecule has 0 aromatic rings. The second-order valence-corrected chi connectivity index (χ2v) is 3.03. The molecule has 0 aromatic carbocycles. The number of ether oxygens (including phenoxy) is 1. The molecule has 15 heavy (non-hydrogen) atoms. The minimum Gasteiger partial charge on any atom is -0.383 e. The molecule has 0 saturated carbocycles. The molecule has 0 saturated heterocycles. The largest absolute Gasteiger partial charge is 0.406 e. The number of halogens is 3. The van der Waals surface area contributed by atoms with Gasteiger partial charge in [-0.05, 0) is 6.92 Å². The summed E-state index contributed by atoms with van der Waals surface area (Å²) in [6.07, 6.45) is -4.40. The number of carbonyl (C=O) groups excluding carboxylic acids is 1. The Labute approximate surface area is 86.2 Å². The fraction of sp³-hybridized carbons (Fsp3) is 0.875. The molecule has 7 heteroatoms. The summed E-state index contributed by atoms with van der Waals surface area (Å²) in [5, 5.41) is 0. The average Bonchev–Trinajstić information content (AvgIpc) is 2.12. The summed E-state index contributed by atoms with van der Waals surface area (Å²) < 4.78 is 40.7. The van der Waals surface area contributed by atoms with Gasteiger partial charge < -0.3 is 15.4 Å². The van der Waals surface area contributed by atoms with Crippen LogP contribution in [0.1, 0.15) is 6.92 Å². The molecule has 2 N–H and O–H groups in total. The summed E-state index contributed by atoms with van der Waals surface area (Å²) in [5.74, 6) is -0.753. The van der Waals surface area contributed by atoms with Gasteiger partial charge in [-0.1, -0.05) is 0 Å². The van der Waals surface area contributed by atoms with E-state index in [9.17, 15) is 18.0 Å². The topological polar surface area (TPSA) is 55.6 Å². The average molecular weight is 228 g/mol. The molecule has 1 atom stereocenters. The van der Waals surface area contributed by atoms with Crippen LogP contribution in [0.2, 0.25) is 0 Å². The summed E-state index contributed by atoms with van der Waals surface area (Å²) >= 11 is 0. The first-order chi connectivity index (χ1) is 6.81. The van der Waals surface area contributed by atoms with Gasteiger partial charge in [0, 0.05) is 13.7 Å². The van der Waals surface area contributed by atoms with Crippen molar-refractivity contribution in [3.05, 3.63) is 0 Å². The molecule has 90 valence electrons. The van der Waals surface area contributed by atoms with Crippen LogP contribution in [0.3, 0.4) is 0 Å². The van der Waals surface area contributed by atoms with E-state index in [4.69, 9.17) is 5.73 Å². The lowest BCUT2D eigenvalue weighted by Crippen LogP contribution is -2.49. The number of likely N-dealkylation sites (N-methyl/N-ethyl adjacent to an activating group) is 1. The van der Waals surface area contributed by atoms with E-state index < -0.39 is 24.7 Å². The van der Waals surface area contributed by atoms with Crippen LogP contribution in [-0.4, -0.2) is 49.8 Å². The smallest absolute Gasteiger partial charge is 0.383 e. The molecule has 0 fully saturated rings. The minimum absolute atomic E-state index is 0.0320. The maximum Gasteiger partial charge on any atom is 0.406 e. The highest BCUT2D eigenvalue weighted by molar-refractivity contribution is 5.81. The zero-order chi connectivity index (χ0) is 12.1. The van der Waals surface area contributed by atoms with E-state index in [1.54, 1.807) is 0 Å². The molecule has 0 rings (SSSR count). The third-order valence-electron chi connectivity index (χ3n) is 1.73. The Balaban J connectivity index is 4.34. The second kappa shape index (κ2) is 5.92. The first-order valence-corrected chi connectivity index (χ1v) is 4.41. The Hall–Kier alpha value is -0.820. The van der Waals surface area contributed by atoms with Crippen molar-refractivity contribution >= 4 is 5.91 Å². The first kappa shape index (κ1) is 14.2. The maximum absolute atomic E-state index is 12.0. The van der Waals surface area contributed by atoms with Gasteiger partial charge in [0.25, 0.3) is 0 Å². The number of carbonyl (C=O) groups is 1. The summed E-state index contributed by atoms with van der Waals surface area (Å²) in [7, 11) is 1.33. The summed E-state index contributed by atoms with van der Waals surface area (Å²) in [6, 6.07) is -1.04. The van der Waals surface area contributed by atoms with Crippen LogP contribution in [0.4, 0.5) is 13.2 Å². The van der Waals surface area contributed by atoms with E-state index in [1.165, 1.54) is 14.0 Å². The Morgan fingerprint density at radius 2 is 2.07 bits per heavy atom. The number of rotatable bonds is 5. The second-order valence-electron chi connectivity index (χ2n) is 3.03. The van der Waals surface area contributed by atoms with E-state index >= 15 is 0 Å². The molecule has 0 aliphatic carbocycles. The molecule has 4 nitrogen and oxygen atoms in total. The molecular formula is C8H15F3N2O2. The molecule has 0 radical (unpaired) electrons. The lowest BCUT2D eigenvalue weighted by Gasteiger charge is -2.24. The van der Waals surface area contributed by atoms with Crippen LogP contribution >= 0.6 is 0 Å². The van der Waals surface area contributed by atoms with Gasteiger partial charge in [0.1, 0.15) is 12.6 Å². The third-order valence-corrected chi connectivity index (χ3v) is 1.73. The lowest BCUT2D eigenvalue weighted by atomic mass is 10.3. The van der Waals surface area contributed by atoms with E-state index in [0.717, 1.165) is 0 Å². The summed E-state index contributed by atoms with van der Waals surface area (Å²) in [4.78, 5) is 12.0. The monoisotopic (exact) mass is 228 g/mol. The van der Waals surface area contributed by atoms with Gasteiger partial charge in [-0.3, -0.25) is 4.79 Å². The number of amides is 1. The molecule has 0 bridgehead atoms. The van der Waals surface area contributed by atoms with Crippen LogP contribution in [0.15, 0.2) is 0 Å². The predicted octanol–water partition coefficient (Wildman–Crippen LogP) is 0.371. The zero-order valence-corrected chi connectivity index (χ0v) is 8.67. The van der Waals surface area contributed by atoms with Crippen molar-refractivity contribution in [1.29, 1.82) is 0 Å². The van der Waals surface area contributed by atoms with Gasteiger partial charge in [0.05, 0.1) is 6.61 Å². The number of nitrogens with zero attached hydrogens (tertiary/aromatic N) is 1. The fourth-order valence-corrected chi connectivity index (χ4v) is 1.05. The van der Waals surface area contributed by atoms with Crippen molar-refractivity contribution < 1.29 is 22.7 Å². The summed E-state index contributed by atoms with van der Waals surface area (Å²) in [5.41, 5.74) is 5.34. The van der Waals surface area contributed by atoms with Crippen LogP contribution < -0.4 is 5.73 Å². The van der Waals surface area contributed by atoms with E-state index in [2.05, 4.69) is 4.74 Å². The third kappa shape index (κ3) is 5.58. The lowest BCUT2D eigenvalue weighted by molar-refractivity contribution is -0.162. The van der Waals surface area contributed by atoms with Crippen molar-refractivity contribution in [2.24, 2.45) is 5.73 Å². The van der Waals surface area contributed by atoms with Crippen molar-refractivity contribution in [1.82, 2.24) is 4.90 Å². The Kier molecular flexibility index (Phi) is 5.59. The molecule has 0 heterocycles. The van der Waals surface area contributed by atoms with Gasteiger partial charge in [-0.15, -0.1) is 0 Å². The fourth-order valence-electron chi connectivity index (χ4n) is 1.05. The van der Waals surface area contributed by atoms with Gasteiger partial charge in [-0.25, -0.2) is 0 Å². The van der Waals surface area contributed by atoms with Gasteiger partial charge in [-0.2, -0.15) is 13.2 Å². The quantitative estimate of drug-likeness (QED) is 0.739. The standard InChI is InChI=1S/C8H15F3N2O2/c1-3-13(5-8(9,10)11)7(14)6(12)4-15-2/h6H,3-5,12H2,1-2H3. The maximum atomic E-state index is 12.0.